The molecule has 0 aliphatic carbocycles. The van der Waals surface area contributed by atoms with E-state index in [0.717, 1.165) is 11.8 Å². The summed E-state index contributed by atoms with van der Waals surface area (Å²) in [6.07, 6.45) is 0. The molecule has 2 aromatic rings. The molecule has 1 fully saturated rings. The lowest BCUT2D eigenvalue weighted by Gasteiger charge is -2.26. The van der Waals surface area contributed by atoms with E-state index in [1.807, 2.05) is 18.4 Å². The van der Waals surface area contributed by atoms with Crippen LogP contribution in [0.15, 0.2) is 34.3 Å². The minimum absolute atomic E-state index is 0.171. The van der Waals surface area contributed by atoms with E-state index in [-0.39, 0.29) is 10.8 Å². The number of sulfonamides is 1. The molecule has 0 saturated carbocycles. The van der Waals surface area contributed by atoms with Crippen LogP contribution >= 0.6 is 11.8 Å². The second-order valence-electron chi connectivity index (χ2n) is 7.97. The average Bonchev–Trinajstić information content (AvgIpc) is 3.15. The van der Waals surface area contributed by atoms with Gasteiger partial charge in [-0.1, -0.05) is 37.7 Å². The maximum absolute atomic E-state index is 13.1. The van der Waals surface area contributed by atoms with Gasteiger partial charge in [-0.25, -0.2) is 13.2 Å². The summed E-state index contributed by atoms with van der Waals surface area (Å²) >= 11 is 1.14. The molecule has 1 atom stereocenters. The predicted molar refractivity (Wildman–Crippen MR) is 123 cm³/mol. The summed E-state index contributed by atoms with van der Waals surface area (Å²) in [6, 6.07) is 5.67. The summed E-state index contributed by atoms with van der Waals surface area (Å²) < 4.78 is 34.7. The number of ether oxygens (including phenoxy) is 1. The van der Waals surface area contributed by atoms with Crippen molar-refractivity contribution in [1.82, 2.24) is 24.4 Å². The van der Waals surface area contributed by atoms with Crippen LogP contribution in [0.25, 0.3) is 11.4 Å². The number of thioether (sulfide) groups is 1. The standard InChI is InChI=1S/C20H28N6O5S2/c1-13(2)12-26-17(23-24-20(26)32-14(3)18(27)22-19(21)28)15-5-4-6-16(11-15)33(29,30)25-7-9-31-10-8-25/h4-6,11,13-14H,7-10,12H2,1-3H3,(H3,21,22,27,28). The van der Waals surface area contributed by atoms with E-state index in [2.05, 4.69) is 15.5 Å². The van der Waals surface area contributed by atoms with Crippen LogP contribution in [0, 0.1) is 5.92 Å². The fourth-order valence-corrected chi connectivity index (χ4v) is 5.60. The second kappa shape index (κ2) is 10.6. The van der Waals surface area contributed by atoms with Crippen molar-refractivity contribution in [3.05, 3.63) is 24.3 Å². The number of carbonyl (C=O) groups excluding carboxylic acids is 2. The number of imide groups is 1. The zero-order valence-corrected chi connectivity index (χ0v) is 20.4. The Kier molecular flexibility index (Phi) is 8.10. The Bertz CT molecular complexity index is 1110. The van der Waals surface area contributed by atoms with Crippen molar-refractivity contribution in [2.75, 3.05) is 26.3 Å². The summed E-state index contributed by atoms with van der Waals surface area (Å²) in [5, 5.41) is 10.4. The summed E-state index contributed by atoms with van der Waals surface area (Å²) in [6.45, 7) is 7.58. The highest BCUT2D eigenvalue weighted by molar-refractivity contribution is 8.00. The summed E-state index contributed by atoms with van der Waals surface area (Å²) in [4.78, 5) is 23.3. The molecule has 1 saturated heterocycles. The molecule has 11 nitrogen and oxygen atoms in total. The van der Waals surface area contributed by atoms with Gasteiger partial charge in [0.15, 0.2) is 11.0 Å². The van der Waals surface area contributed by atoms with Crippen molar-refractivity contribution in [3.8, 4) is 11.4 Å². The predicted octanol–water partition coefficient (Wildman–Crippen LogP) is 1.30. The van der Waals surface area contributed by atoms with Gasteiger partial charge in [-0.3, -0.25) is 10.1 Å². The van der Waals surface area contributed by atoms with Gasteiger partial charge in [-0.15, -0.1) is 10.2 Å². The first-order chi connectivity index (χ1) is 15.6. The normalized spacial score (nSPS) is 16.0. The van der Waals surface area contributed by atoms with E-state index in [9.17, 15) is 18.0 Å². The SMILES string of the molecule is CC(C)Cn1c(SC(C)C(=O)NC(N)=O)nnc1-c1cccc(S(=O)(=O)N2CCOCC2)c1. The van der Waals surface area contributed by atoms with Crippen molar-refractivity contribution >= 4 is 33.7 Å². The van der Waals surface area contributed by atoms with Crippen LogP contribution in [0.1, 0.15) is 20.8 Å². The van der Waals surface area contributed by atoms with Crippen molar-refractivity contribution in [2.45, 2.75) is 42.6 Å². The Morgan fingerprint density at radius 2 is 1.91 bits per heavy atom. The van der Waals surface area contributed by atoms with Gasteiger partial charge in [0.05, 0.1) is 23.4 Å². The molecule has 0 spiro atoms. The Labute approximate surface area is 197 Å². The number of amides is 3. The molecule has 13 heteroatoms. The average molecular weight is 497 g/mol. The third-order valence-corrected chi connectivity index (χ3v) is 7.84. The van der Waals surface area contributed by atoms with E-state index in [1.165, 1.54) is 4.31 Å². The molecular weight excluding hydrogens is 468 g/mol. The largest absolute Gasteiger partial charge is 0.379 e. The summed E-state index contributed by atoms with van der Waals surface area (Å²) in [7, 11) is -3.67. The van der Waals surface area contributed by atoms with Gasteiger partial charge in [0.1, 0.15) is 0 Å². The minimum atomic E-state index is -3.67. The molecule has 0 radical (unpaired) electrons. The van der Waals surface area contributed by atoms with Crippen LogP contribution in [0.5, 0.6) is 0 Å². The first-order valence-electron chi connectivity index (χ1n) is 10.5. The zero-order valence-electron chi connectivity index (χ0n) is 18.7. The molecule has 33 heavy (non-hydrogen) atoms. The lowest BCUT2D eigenvalue weighted by atomic mass is 10.2. The third kappa shape index (κ3) is 6.10. The third-order valence-electron chi connectivity index (χ3n) is 4.86. The van der Waals surface area contributed by atoms with E-state index in [1.54, 1.807) is 31.2 Å². The quantitative estimate of drug-likeness (QED) is 0.519. The van der Waals surface area contributed by atoms with Gasteiger partial charge < -0.3 is 15.0 Å². The zero-order chi connectivity index (χ0) is 24.2. The lowest BCUT2D eigenvalue weighted by Crippen LogP contribution is -2.40. The number of urea groups is 1. The Morgan fingerprint density at radius 1 is 1.21 bits per heavy atom. The van der Waals surface area contributed by atoms with Crippen LogP contribution in [0.2, 0.25) is 0 Å². The first kappa shape index (κ1) is 25.1. The number of hydrogen-bond donors (Lipinski definition) is 2. The highest BCUT2D eigenvalue weighted by atomic mass is 32.2. The number of nitrogens with zero attached hydrogens (tertiary/aromatic N) is 4. The molecule has 1 unspecified atom stereocenters. The molecule has 0 bridgehead atoms. The summed E-state index contributed by atoms with van der Waals surface area (Å²) in [5.74, 6) is 0.189. The Hall–Kier alpha value is -2.48. The molecule has 180 valence electrons. The van der Waals surface area contributed by atoms with Gasteiger partial charge in [0, 0.05) is 25.2 Å². The highest BCUT2D eigenvalue weighted by Crippen LogP contribution is 2.29. The smallest absolute Gasteiger partial charge is 0.318 e. The molecule has 2 heterocycles. The van der Waals surface area contributed by atoms with Crippen LogP contribution < -0.4 is 11.1 Å². The van der Waals surface area contributed by atoms with Crippen LogP contribution in [0.3, 0.4) is 0 Å². The fraction of sp³-hybridized carbons (Fsp3) is 0.500. The molecule has 1 aliphatic heterocycles. The molecule has 3 rings (SSSR count). The van der Waals surface area contributed by atoms with Crippen molar-refractivity contribution in [2.24, 2.45) is 11.7 Å². The maximum atomic E-state index is 13.1. The summed E-state index contributed by atoms with van der Waals surface area (Å²) in [5.41, 5.74) is 5.63. The number of morpholine rings is 1. The van der Waals surface area contributed by atoms with Gasteiger partial charge >= 0.3 is 6.03 Å². The van der Waals surface area contributed by atoms with Gasteiger partial charge in [0.2, 0.25) is 15.9 Å². The van der Waals surface area contributed by atoms with Crippen molar-refractivity contribution in [3.63, 3.8) is 0 Å². The van der Waals surface area contributed by atoms with Crippen molar-refractivity contribution in [1.29, 1.82) is 0 Å². The number of hydrogen-bond acceptors (Lipinski definition) is 8. The number of benzene rings is 1. The van der Waals surface area contributed by atoms with Crippen molar-refractivity contribution < 1.29 is 22.7 Å². The number of carbonyl (C=O) groups is 2. The molecule has 1 aromatic carbocycles. The molecule has 1 aromatic heterocycles. The molecule has 3 N–H and O–H groups in total. The number of aromatic nitrogens is 3. The van der Waals surface area contributed by atoms with Gasteiger partial charge in [-0.05, 0) is 25.0 Å². The topological polar surface area (TPSA) is 150 Å². The Morgan fingerprint density at radius 3 is 2.55 bits per heavy atom. The Balaban J connectivity index is 1.93. The molecule has 1 aliphatic rings. The highest BCUT2D eigenvalue weighted by Gasteiger charge is 2.27. The van der Waals surface area contributed by atoms with Crippen LogP contribution in [-0.4, -0.2) is 71.0 Å². The maximum Gasteiger partial charge on any atom is 0.318 e. The van der Waals surface area contributed by atoms with Gasteiger partial charge in [0.25, 0.3) is 0 Å². The molecule has 3 amide bonds. The second-order valence-corrected chi connectivity index (χ2v) is 11.2. The van der Waals surface area contributed by atoms with Crippen LogP contribution in [-0.2, 0) is 26.1 Å². The van der Waals surface area contributed by atoms with Crippen LogP contribution in [0.4, 0.5) is 4.79 Å². The van der Waals surface area contributed by atoms with E-state index < -0.39 is 27.2 Å². The van der Waals surface area contributed by atoms with Gasteiger partial charge in [-0.2, -0.15) is 4.31 Å². The fourth-order valence-electron chi connectivity index (χ4n) is 3.29. The van der Waals surface area contributed by atoms with E-state index >= 15 is 0 Å². The number of nitrogens with one attached hydrogen (secondary N) is 1. The molecular formula is C20H28N6O5S2. The monoisotopic (exact) mass is 496 g/mol. The minimum Gasteiger partial charge on any atom is -0.379 e. The number of primary amides is 1. The van der Waals surface area contributed by atoms with E-state index in [4.69, 9.17) is 10.5 Å². The number of nitrogens with two attached hydrogens (primary N) is 1. The first-order valence-corrected chi connectivity index (χ1v) is 12.8. The lowest BCUT2D eigenvalue weighted by molar-refractivity contribution is -0.119. The number of rotatable bonds is 8. The van der Waals surface area contributed by atoms with E-state index in [0.29, 0.717) is 49.4 Å².